The molecule has 8 heteroatoms. The Bertz CT molecular complexity index is 931. The van der Waals surface area contributed by atoms with Gasteiger partial charge in [0, 0.05) is 6.42 Å². The standard InChI is InChI=1S/C18H20N2O5S/c1-12-3-7-15(8-4-12)26(23,24)20-16(9-10-17(20)21)18(22)19-11-14-6-5-13(2)25-14/h3-8,16H,9-11H2,1-2H3,(H,19,22)/t16-/m0/s1. The Labute approximate surface area is 152 Å². The highest BCUT2D eigenvalue weighted by Gasteiger charge is 2.44. The average Bonchev–Trinajstić information content (AvgIpc) is 3.19. The van der Waals surface area contributed by atoms with Crippen molar-refractivity contribution in [3.8, 4) is 0 Å². The minimum Gasteiger partial charge on any atom is -0.465 e. The number of nitrogens with one attached hydrogen (secondary N) is 1. The summed E-state index contributed by atoms with van der Waals surface area (Å²) in [5.74, 6) is 0.196. The normalized spacial score (nSPS) is 17.5. The van der Waals surface area contributed by atoms with Gasteiger partial charge in [-0.3, -0.25) is 9.59 Å². The molecule has 0 bridgehead atoms. The summed E-state index contributed by atoms with van der Waals surface area (Å²) >= 11 is 0. The van der Waals surface area contributed by atoms with E-state index < -0.39 is 27.9 Å². The fraction of sp³-hybridized carbons (Fsp3) is 0.333. The van der Waals surface area contributed by atoms with Gasteiger partial charge in [-0.05, 0) is 44.5 Å². The SMILES string of the molecule is Cc1ccc(S(=O)(=O)N2C(=O)CC[C@H]2C(=O)NCc2ccc(C)o2)cc1. The molecule has 1 aliphatic heterocycles. The minimum absolute atomic E-state index is 0.00203. The van der Waals surface area contributed by atoms with E-state index in [0.29, 0.717) is 15.8 Å². The first-order valence-electron chi connectivity index (χ1n) is 8.26. The molecule has 0 aliphatic carbocycles. The van der Waals surface area contributed by atoms with Crippen molar-refractivity contribution in [2.24, 2.45) is 0 Å². The molecule has 0 radical (unpaired) electrons. The van der Waals surface area contributed by atoms with Gasteiger partial charge in [-0.25, -0.2) is 12.7 Å². The lowest BCUT2D eigenvalue weighted by molar-refractivity contribution is -0.130. The van der Waals surface area contributed by atoms with Gasteiger partial charge in [0.15, 0.2) is 0 Å². The van der Waals surface area contributed by atoms with Crippen molar-refractivity contribution in [3.63, 3.8) is 0 Å². The van der Waals surface area contributed by atoms with E-state index in [4.69, 9.17) is 4.42 Å². The monoisotopic (exact) mass is 376 g/mol. The maximum atomic E-state index is 12.9. The topological polar surface area (TPSA) is 96.7 Å². The first kappa shape index (κ1) is 18.2. The molecule has 3 rings (SSSR count). The third kappa shape index (κ3) is 3.50. The van der Waals surface area contributed by atoms with Crippen molar-refractivity contribution >= 4 is 21.8 Å². The molecule has 1 aliphatic rings. The number of rotatable bonds is 5. The molecule has 1 saturated heterocycles. The lowest BCUT2D eigenvalue weighted by Crippen LogP contribution is -2.47. The van der Waals surface area contributed by atoms with Gasteiger partial charge in [-0.2, -0.15) is 0 Å². The molecule has 26 heavy (non-hydrogen) atoms. The number of benzene rings is 1. The van der Waals surface area contributed by atoms with Crippen molar-refractivity contribution < 1.29 is 22.4 Å². The van der Waals surface area contributed by atoms with Gasteiger partial charge in [0.2, 0.25) is 11.8 Å². The quantitative estimate of drug-likeness (QED) is 0.860. The van der Waals surface area contributed by atoms with Crippen LogP contribution < -0.4 is 5.32 Å². The minimum atomic E-state index is -4.08. The van der Waals surface area contributed by atoms with Crippen LogP contribution in [0.1, 0.15) is 29.9 Å². The average molecular weight is 376 g/mol. The smallest absolute Gasteiger partial charge is 0.267 e. The summed E-state index contributed by atoms with van der Waals surface area (Å²) in [7, 11) is -4.08. The fourth-order valence-electron chi connectivity index (χ4n) is 2.90. The molecular formula is C18H20N2O5S. The zero-order chi connectivity index (χ0) is 18.9. The number of furan rings is 1. The summed E-state index contributed by atoms with van der Waals surface area (Å²) in [6.45, 7) is 3.76. The van der Waals surface area contributed by atoms with Crippen LogP contribution in [0.15, 0.2) is 45.7 Å². The van der Waals surface area contributed by atoms with Crippen LogP contribution in [0.2, 0.25) is 0 Å². The molecule has 2 heterocycles. The summed E-state index contributed by atoms with van der Waals surface area (Å²) < 4.78 is 31.8. The molecule has 1 aromatic carbocycles. The van der Waals surface area contributed by atoms with Gasteiger partial charge in [-0.15, -0.1) is 0 Å². The summed E-state index contributed by atoms with van der Waals surface area (Å²) in [5.41, 5.74) is 0.903. The Morgan fingerprint density at radius 1 is 1.19 bits per heavy atom. The number of hydrogen-bond acceptors (Lipinski definition) is 5. The van der Waals surface area contributed by atoms with Gasteiger partial charge in [0.05, 0.1) is 11.4 Å². The predicted molar refractivity (Wildman–Crippen MR) is 93.5 cm³/mol. The Hall–Kier alpha value is -2.61. The van der Waals surface area contributed by atoms with Gasteiger partial charge in [0.1, 0.15) is 17.6 Å². The van der Waals surface area contributed by atoms with E-state index in [1.807, 2.05) is 6.92 Å². The van der Waals surface area contributed by atoms with Gasteiger partial charge in [-0.1, -0.05) is 17.7 Å². The summed E-state index contributed by atoms with van der Waals surface area (Å²) in [6.07, 6.45) is 0.177. The third-order valence-corrected chi connectivity index (χ3v) is 6.12. The Morgan fingerprint density at radius 2 is 1.88 bits per heavy atom. The van der Waals surface area contributed by atoms with E-state index in [2.05, 4.69) is 5.32 Å². The van der Waals surface area contributed by atoms with E-state index in [-0.39, 0.29) is 24.3 Å². The highest BCUT2D eigenvalue weighted by molar-refractivity contribution is 7.89. The molecule has 2 amide bonds. The van der Waals surface area contributed by atoms with Crippen molar-refractivity contribution in [2.45, 2.75) is 44.2 Å². The molecule has 0 unspecified atom stereocenters. The Kier molecular flexibility index (Phi) is 4.86. The van der Waals surface area contributed by atoms with Crippen molar-refractivity contribution in [3.05, 3.63) is 53.5 Å². The van der Waals surface area contributed by atoms with Crippen LogP contribution in [0.4, 0.5) is 0 Å². The number of aryl methyl sites for hydroxylation is 2. The lowest BCUT2D eigenvalue weighted by Gasteiger charge is -2.23. The van der Waals surface area contributed by atoms with Crippen LogP contribution in [0.5, 0.6) is 0 Å². The van der Waals surface area contributed by atoms with E-state index in [0.717, 1.165) is 5.56 Å². The van der Waals surface area contributed by atoms with E-state index in [1.54, 1.807) is 31.2 Å². The number of hydrogen-bond donors (Lipinski definition) is 1. The third-order valence-electron chi connectivity index (χ3n) is 4.27. The maximum Gasteiger partial charge on any atom is 0.267 e. The van der Waals surface area contributed by atoms with E-state index in [9.17, 15) is 18.0 Å². The first-order chi connectivity index (χ1) is 12.3. The van der Waals surface area contributed by atoms with Crippen LogP contribution in [-0.2, 0) is 26.2 Å². The highest BCUT2D eigenvalue weighted by atomic mass is 32.2. The number of carbonyl (C=O) groups excluding carboxylic acids is 2. The van der Waals surface area contributed by atoms with Gasteiger partial charge in [0.25, 0.3) is 10.0 Å². The molecule has 0 saturated carbocycles. The molecule has 2 aromatic rings. The maximum absolute atomic E-state index is 12.9. The number of carbonyl (C=O) groups is 2. The summed E-state index contributed by atoms with van der Waals surface area (Å²) in [6, 6.07) is 8.65. The second-order valence-corrected chi connectivity index (χ2v) is 8.11. The molecule has 1 N–H and O–H groups in total. The molecule has 1 aromatic heterocycles. The molecule has 0 spiro atoms. The summed E-state index contributed by atoms with van der Waals surface area (Å²) in [5, 5.41) is 2.65. The van der Waals surface area contributed by atoms with E-state index >= 15 is 0 Å². The Morgan fingerprint density at radius 3 is 2.50 bits per heavy atom. The van der Waals surface area contributed by atoms with E-state index in [1.165, 1.54) is 12.1 Å². The van der Waals surface area contributed by atoms with Crippen molar-refractivity contribution in [1.29, 1.82) is 0 Å². The van der Waals surface area contributed by atoms with Crippen LogP contribution in [0.25, 0.3) is 0 Å². The lowest BCUT2D eigenvalue weighted by atomic mass is 10.2. The van der Waals surface area contributed by atoms with Crippen molar-refractivity contribution in [2.75, 3.05) is 0 Å². The van der Waals surface area contributed by atoms with Crippen LogP contribution in [-0.4, -0.2) is 30.6 Å². The molecule has 7 nitrogen and oxygen atoms in total. The van der Waals surface area contributed by atoms with Crippen LogP contribution in [0, 0.1) is 13.8 Å². The van der Waals surface area contributed by atoms with Crippen LogP contribution in [0.3, 0.4) is 0 Å². The number of nitrogens with zero attached hydrogens (tertiary/aromatic N) is 1. The highest BCUT2D eigenvalue weighted by Crippen LogP contribution is 2.27. The first-order valence-corrected chi connectivity index (χ1v) is 9.70. The summed E-state index contributed by atoms with van der Waals surface area (Å²) in [4.78, 5) is 24.7. The predicted octanol–water partition coefficient (Wildman–Crippen LogP) is 1.89. The molecule has 1 fully saturated rings. The van der Waals surface area contributed by atoms with Gasteiger partial charge < -0.3 is 9.73 Å². The zero-order valence-corrected chi connectivity index (χ0v) is 15.4. The fourth-order valence-corrected chi connectivity index (χ4v) is 4.50. The molecular weight excluding hydrogens is 356 g/mol. The second-order valence-electron chi connectivity index (χ2n) is 6.29. The Balaban J connectivity index is 1.79. The van der Waals surface area contributed by atoms with Crippen molar-refractivity contribution in [1.82, 2.24) is 9.62 Å². The largest absolute Gasteiger partial charge is 0.465 e. The second kappa shape index (κ2) is 6.95. The number of sulfonamides is 1. The molecule has 1 atom stereocenters. The van der Waals surface area contributed by atoms with Crippen LogP contribution >= 0.6 is 0 Å². The molecule has 138 valence electrons. The van der Waals surface area contributed by atoms with Gasteiger partial charge >= 0.3 is 0 Å². The number of amides is 2. The zero-order valence-electron chi connectivity index (χ0n) is 14.6.